The van der Waals surface area contributed by atoms with Crippen LogP contribution in [0.25, 0.3) is 133 Å². The average molecular weight is 1200 g/mol. The van der Waals surface area contributed by atoms with Crippen LogP contribution in [0.2, 0.25) is 0 Å². The summed E-state index contributed by atoms with van der Waals surface area (Å²) in [4.78, 5) is 0. The lowest BCUT2D eigenvalue weighted by molar-refractivity contribution is -0.660. The van der Waals surface area contributed by atoms with Crippen molar-refractivity contribution in [1.82, 2.24) is 0 Å². The van der Waals surface area contributed by atoms with Crippen molar-refractivity contribution < 1.29 is 37.3 Å². The molecule has 91 heavy (non-hydrogen) atoms. The van der Waals surface area contributed by atoms with Gasteiger partial charge in [-0.15, -0.1) is 0 Å². The number of pyridine rings is 4. The zero-order valence-electron chi connectivity index (χ0n) is 55.4. The molecule has 0 radical (unpaired) electrons. The lowest BCUT2D eigenvalue weighted by Gasteiger charge is -2.09. The fraction of sp³-hybridized carbons (Fsp3) is 0.181. The maximum absolute atomic E-state index is 8.33. The summed E-state index contributed by atoms with van der Waals surface area (Å²) in [6, 6.07) is 67.6. The van der Waals surface area contributed by atoms with Crippen LogP contribution < -0.4 is 18.3 Å². The van der Waals surface area contributed by atoms with Crippen molar-refractivity contribution in [2.24, 2.45) is 28.2 Å². The van der Waals surface area contributed by atoms with Crippen LogP contribution in [0.15, 0.2) is 237 Å². The number of furan rings is 4. The van der Waals surface area contributed by atoms with Gasteiger partial charge in [0.05, 0.1) is 22.3 Å². The molecule has 0 saturated heterocycles. The molecule has 8 heterocycles. The predicted molar refractivity (Wildman–Crippen MR) is 373 cm³/mol. The average Bonchev–Trinajstić information content (AvgIpc) is 1.66. The fourth-order valence-electron chi connectivity index (χ4n) is 12.8. The van der Waals surface area contributed by atoms with Crippen LogP contribution in [-0.4, -0.2) is 0 Å². The number of aryl methyl sites for hydroxylation is 11. The Hall–Kier alpha value is -10.4. The standard InChI is InChI=1S/C22H22NO.C21H20NO.2C20H18NO/c1-14(2)16-9-10-23(4)20(12-16)18-13-22-19(11-15(18)3)17-7-5-6-8-21(17)24-22;1-4-15-9-10-22(3)19(12-15)17-13-21-18(11-14(17)2)16-7-5-6-8-20(16)23-21;1-13-8-9-18(21(3)12-13)16-11-20-17(10-14(16)2)15-6-4-5-7-19(15)22-20;1-13-8-9-21(3)18(10-13)16-12-20-17(11-14(16)2)15-6-4-5-7-19(15)22-20/h5-14H,1-4H3;5-13H,4H2,1-3H3;2*4-12H,1-3H3/q4*+1/i14D;;;. The first-order valence-corrected chi connectivity index (χ1v) is 31.4. The second-order valence-electron chi connectivity index (χ2n) is 24.7. The molecule has 0 aliphatic carbocycles. The van der Waals surface area contributed by atoms with E-state index in [9.17, 15) is 0 Å². The van der Waals surface area contributed by atoms with E-state index >= 15 is 0 Å². The number of benzene rings is 8. The minimum Gasteiger partial charge on any atom is -0.456 e. The van der Waals surface area contributed by atoms with E-state index in [0.29, 0.717) is 0 Å². The molecule has 0 saturated carbocycles. The Bertz CT molecular complexity index is 5520. The Kier molecular flexibility index (Phi) is 15.7. The number of hydrogen-bond acceptors (Lipinski definition) is 4. The fourth-order valence-corrected chi connectivity index (χ4v) is 12.8. The summed E-state index contributed by atoms with van der Waals surface area (Å²) in [5.41, 5.74) is 26.9. The molecule has 0 aliphatic rings. The highest BCUT2D eigenvalue weighted by atomic mass is 16.3. The van der Waals surface area contributed by atoms with Gasteiger partial charge in [-0.25, -0.2) is 18.3 Å². The van der Waals surface area contributed by atoms with Gasteiger partial charge in [-0.05, 0) is 172 Å². The van der Waals surface area contributed by atoms with Crippen molar-refractivity contribution in [3.8, 4) is 45.0 Å². The zero-order valence-corrected chi connectivity index (χ0v) is 54.4. The smallest absolute Gasteiger partial charge is 0.212 e. The predicted octanol–water partition coefficient (Wildman–Crippen LogP) is 19.8. The Labute approximate surface area is 533 Å². The molecule has 8 aromatic heterocycles. The van der Waals surface area contributed by atoms with Crippen LogP contribution in [0.3, 0.4) is 0 Å². The van der Waals surface area contributed by atoms with Gasteiger partial charge in [0.15, 0.2) is 24.8 Å². The summed E-state index contributed by atoms with van der Waals surface area (Å²) in [5.74, 6) is -0.625. The van der Waals surface area contributed by atoms with Crippen LogP contribution in [0, 0.1) is 41.5 Å². The van der Waals surface area contributed by atoms with Crippen LogP contribution in [0.5, 0.6) is 0 Å². The van der Waals surface area contributed by atoms with Crippen LogP contribution in [0.1, 0.15) is 72.5 Å². The molecule has 0 atom stereocenters. The van der Waals surface area contributed by atoms with Gasteiger partial charge >= 0.3 is 0 Å². The number of nitrogens with zero attached hydrogens (tertiary/aromatic N) is 4. The summed E-state index contributed by atoms with van der Waals surface area (Å²) in [7, 11) is 8.30. The third kappa shape index (κ3) is 11.6. The van der Waals surface area contributed by atoms with Gasteiger partial charge in [0.2, 0.25) is 22.8 Å². The molecule has 0 fully saturated rings. The van der Waals surface area contributed by atoms with Gasteiger partial charge in [-0.2, -0.15) is 0 Å². The lowest BCUT2D eigenvalue weighted by atomic mass is 9.97. The van der Waals surface area contributed by atoms with Crippen molar-refractivity contribution >= 4 is 87.8 Å². The van der Waals surface area contributed by atoms with Crippen LogP contribution >= 0.6 is 0 Å². The quantitative estimate of drug-likeness (QED) is 0.156. The highest BCUT2D eigenvalue weighted by Gasteiger charge is 2.22. The first kappa shape index (κ1) is 58.3. The summed E-state index contributed by atoms with van der Waals surface area (Å²) in [5, 5.41) is 9.41. The molecule has 0 unspecified atom stereocenters. The van der Waals surface area contributed by atoms with Crippen molar-refractivity contribution in [2.75, 3.05) is 0 Å². The molecule has 8 aromatic carbocycles. The minimum atomic E-state index is -0.625. The maximum atomic E-state index is 8.33. The number of aromatic nitrogens is 4. The van der Waals surface area contributed by atoms with Crippen LogP contribution in [-0.2, 0) is 34.6 Å². The first-order chi connectivity index (χ1) is 44.3. The molecular formula is C83H78N4O4+4. The first-order valence-electron chi connectivity index (χ1n) is 31.9. The number of para-hydroxylation sites is 4. The summed E-state index contributed by atoms with van der Waals surface area (Å²) >= 11 is 0. The molecule has 0 bridgehead atoms. The van der Waals surface area contributed by atoms with E-state index in [1.54, 1.807) is 0 Å². The summed E-state index contributed by atoms with van der Waals surface area (Å²) in [6.45, 7) is 18.9. The second kappa shape index (κ2) is 24.5. The van der Waals surface area contributed by atoms with Gasteiger partial charge in [0, 0.05) is 92.5 Å². The van der Waals surface area contributed by atoms with E-state index in [-0.39, 0.29) is 0 Å². The molecule has 450 valence electrons. The molecule has 0 N–H and O–H groups in total. The largest absolute Gasteiger partial charge is 0.456 e. The van der Waals surface area contributed by atoms with Crippen molar-refractivity contribution in [3.05, 3.63) is 263 Å². The van der Waals surface area contributed by atoms with E-state index in [1.807, 2.05) is 87.8 Å². The molecular weight excluding hydrogens is 1120 g/mol. The molecule has 16 aromatic rings. The normalized spacial score (nSPS) is 11.8. The van der Waals surface area contributed by atoms with Crippen molar-refractivity contribution in [1.29, 1.82) is 0 Å². The Morgan fingerprint density at radius 1 is 0.330 bits per heavy atom. The third-order valence-corrected chi connectivity index (χ3v) is 17.9. The van der Waals surface area contributed by atoms with E-state index in [0.717, 1.165) is 78.7 Å². The highest BCUT2D eigenvalue weighted by Crippen LogP contribution is 2.38. The topological polar surface area (TPSA) is 68.1 Å². The molecule has 0 spiro atoms. The van der Waals surface area contributed by atoms with E-state index < -0.39 is 5.89 Å². The molecule has 8 heteroatoms. The van der Waals surface area contributed by atoms with Gasteiger partial charge in [0.1, 0.15) is 72.9 Å². The third-order valence-electron chi connectivity index (χ3n) is 17.9. The van der Waals surface area contributed by atoms with E-state index in [4.69, 9.17) is 19.0 Å². The molecule has 16 rings (SSSR count). The molecule has 0 aliphatic heterocycles. The van der Waals surface area contributed by atoms with Gasteiger partial charge < -0.3 is 17.7 Å². The number of fused-ring (bicyclic) bond motifs is 12. The van der Waals surface area contributed by atoms with Crippen molar-refractivity contribution in [2.45, 2.75) is 74.6 Å². The number of hydrogen-bond donors (Lipinski definition) is 0. The van der Waals surface area contributed by atoms with E-state index in [2.05, 4.69) is 240 Å². The minimum absolute atomic E-state index is 0.625. The molecule has 8 nitrogen and oxygen atoms in total. The highest BCUT2D eigenvalue weighted by molar-refractivity contribution is 6.09. The monoisotopic (exact) mass is 1200 g/mol. The van der Waals surface area contributed by atoms with Gasteiger partial charge in [0.25, 0.3) is 0 Å². The molecule has 0 amide bonds. The second-order valence-corrected chi connectivity index (χ2v) is 24.7. The van der Waals surface area contributed by atoms with E-state index in [1.165, 1.54) is 105 Å². The maximum Gasteiger partial charge on any atom is 0.212 e. The zero-order chi connectivity index (χ0) is 64.3. The Morgan fingerprint density at radius 3 is 1.07 bits per heavy atom. The Balaban J connectivity index is 0.000000112. The van der Waals surface area contributed by atoms with Gasteiger partial charge in [-0.1, -0.05) is 93.6 Å². The van der Waals surface area contributed by atoms with Crippen LogP contribution in [0.4, 0.5) is 0 Å². The summed E-state index contributed by atoms with van der Waals surface area (Å²) < 4.78 is 41.1. The lowest BCUT2D eigenvalue weighted by Crippen LogP contribution is -2.31. The Morgan fingerprint density at radius 2 is 0.681 bits per heavy atom. The van der Waals surface area contributed by atoms with Crippen molar-refractivity contribution in [3.63, 3.8) is 0 Å². The SMILES string of the molecule is CCc1cc[n+](C)c(-c2cc3oc4ccccc4c3cc2C)c1.Cc1cc[n+](C)c(-c2cc3oc4ccccc4c3cc2C)c1.Cc1ccc(-c2cc3oc4ccccc4c3cc2C)[n+](C)c1.[2H]C(C)(C)c1cc[n+](C)c(-c2cc3oc4ccccc4c3cc2C)c1. The summed E-state index contributed by atoms with van der Waals surface area (Å²) in [6.07, 6.45) is 9.46. The number of rotatable bonds is 6. The van der Waals surface area contributed by atoms with Gasteiger partial charge in [-0.3, -0.25) is 0 Å².